The molecule has 0 radical (unpaired) electrons. The highest BCUT2D eigenvalue weighted by Gasteiger charge is 2.13. The number of hydrogen-bond acceptors (Lipinski definition) is 5. The number of nitrogens with one attached hydrogen (secondary N) is 1. The summed E-state index contributed by atoms with van der Waals surface area (Å²) >= 11 is 1.24. The van der Waals surface area contributed by atoms with Gasteiger partial charge in [0, 0.05) is 6.20 Å². The highest BCUT2D eigenvalue weighted by molar-refractivity contribution is 7.10. The maximum Gasteiger partial charge on any atom is 0.261 e. The van der Waals surface area contributed by atoms with E-state index < -0.39 is 0 Å². The number of anilines is 1. The van der Waals surface area contributed by atoms with E-state index in [0.29, 0.717) is 16.4 Å². The fourth-order valence-electron chi connectivity index (χ4n) is 1.33. The van der Waals surface area contributed by atoms with E-state index in [4.69, 9.17) is 4.74 Å². The van der Waals surface area contributed by atoms with Crippen molar-refractivity contribution in [3.05, 3.63) is 35.7 Å². The number of rotatable bonds is 3. The van der Waals surface area contributed by atoms with Gasteiger partial charge in [-0.05, 0) is 36.7 Å². The SMILES string of the molecule is COc1ncccc1C(=O)Nc1cc(C)ns1. The van der Waals surface area contributed by atoms with Crippen molar-refractivity contribution in [3.63, 3.8) is 0 Å². The van der Waals surface area contributed by atoms with Gasteiger partial charge in [-0.2, -0.15) is 4.37 Å². The lowest BCUT2D eigenvalue weighted by Crippen LogP contribution is -2.12. The summed E-state index contributed by atoms with van der Waals surface area (Å²) in [5.41, 5.74) is 1.28. The van der Waals surface area contributed by atoms with E-state index in [-0.39, 0.29) is 5.91 Å². The molecule has 88 valence electrons. The molecule has 2 aromatic heterocycles. The molecule has 2 rings (SSSR count). The largest absolute Gasteiger partial charge is 0.480 e. The van der Waals surface area contributed by atoms with Gasteiger partial charge in [0.2, 0.25) is 5.88 Å². The fourth-order valence-corrected chi connectivity index (χ4v) is 1.98. The van der Waals surface area contributed by atoms with Crippen LogP contribution in [0.3, 0.4) is 0 Å². The van der Waals surface area contributed by atoms with Crippen LogP contribution in [0.1, 0.15) is 16.1 Å². The highest BCUT2D eigenvalue weighted by Crippen LogP contribution is 2.19. The van der Waals surface area contributed by atoms with E-state index in [1.165, 1.54) is 18.6 Å². The zero-order valence-electron chi connectivity index (χ0n) is 9.43. The normalized spacial score (nSPS) is 10.0. The summed E-state index contributed by atoms with van der Waals surface area (Å²) in [7, 11) is 1.48. The third-order valence-corrected chi connectivity index (χ3v) is 2.87. The second-order valence-corrected chi connectivity index (χ2v) is 4.15. The Hall–Kier alpha value is -1.95. The van der Waals surface area contributed by atoms with Crippen molar-refractivity contribution in [3.8, 4) is 5.88 Å². The minimum absolute atomic E-state index is 0.251. The van der Waals surface area contributed by atoms with Crippen LogP contribution in [-0.2, 0) is 0 Å². The van der Waals surface area contributed by atoms with Crippen LogP contribution < -0.4 is 10.1 Å². The molecule has 2 aromatic rings. The number of carbonyl (C=O) groups excluding carboxylic acids is 1. The predicted octanol–water partition coefficient (Wildman–Crippen LogP) is 2.11. The molecule has 0 aromatic carbocycles. The molecule has 6 heteroatoms. The molecular formula is C11H11N3O2S. The van der Waals surface area contributed by atoms with Gasteiger partial charge in [-0.1, -0.05) is 0 Å². The molecule has 0 aliphatic carbocycles. The van der Waals surface area contributed by atoms with Crippen LogP contribution in [0.25, 0.3) is 0 Å². The second-order valence-electron chi connectivity index (χ2n) is 3.35. The summed E-state index contributed by atoms with van der Waals surface area (Å²) in [4.78, 5) is 15.9. The standard InChI is InChI=1S/C11H11N3O2S/c1-7-6-9(17-14-7)13-10(15)8-4-3-5-12-11(8)16-2/h3-6H,1-2H3,(H,13,15). The molecule has 17 heavy (non-hydrogen) atoms. The molecule has 0 fully saturated rings. The van der Waals surface area contributed by atoms with Crippen molar-refractivity contribution in [1.29, 1.82) is 0 Å². The van der Waals surface area contributed by atoms with Gasteiger partial charge in [0.1, 0.15) is 10.6 Å². The predicted molar refractivity (Wildman–Crippen MR) is 65.6 cm³/mol. The zero-order valence-corrected chi connectivity index (χ0v) is 10.2. The minimum atomic E-state index is -0.251. The third kappa shape index (κ3) is 2.59. The van der Waals surface area contributed by atoms with Crippen LogP contribution in [0.15, 0.2) is 24.4 Å². The van der Waals surface area contributed by atoms with E-state index in [1.807, 2.05) is 13.0 Å². The second kappa shape index (κ2) is 4.92. The smallest absolute Gasteiger partial charge is 0.261 e. The molecule has 0 bridgehead atoms. The Balaban J connectivity index is 2.20. The number of hydrogen-bond donors (Lipinski definition) is 1. The maximum atomic E-state index is 12.0. The molecule has 1 amide bonds. The molecule has 1 N–H and O–H groups in total. The summed E-state index contributed by atoms with van der Waals surface area (Å²) in [5.74, 6) is 0.0600. The first kappa shape index (κ1) is 11.5. The Kier molecular flexibility index (Phi) is 3.34. The van der Waals surface area contributed by atoms with Crippen molar-refractivity contribution < 1.29 is 9.53 Å². The highest BCUT2D eigenvalue weighted by atomic mass is 32.1. The van der Waals surface area contributed by atoms with Gasteiger partial charge in [-0.25, -0.2) is 4.98 Å². The van der Waals surface area contributed by atoms with Gasteiger partial charge < -0.3 is 10.1 Å². The topological polar surface area (TPSA) is 64.1 Å². The molecular weight excluding hydrogens is 238 g/mol. The summed E-state index contributed by atoms with van der Waals surface area (Å²) < 4.78 is 9.11. The first-order valence-electron chi connectivity index (χ1n) is 4.94. The van der Waals surface area contributed by atoms with Gasteiger partial charge in [-0.3, -0.25) is 4.79 Å². The Morgan fingerprint density at radius 1 is 1.53 bits per heavy atom. The van der Waals surface area contributed by atoms with Crippen LogP contribution in [0, 0.1) is 6.92 Å². The average molecular weight is 249 g/mol. The first-order chi connectivity index (χ1) is 8.20. The number of amides is 1. The summed E-state index contributed by atoms with van der Waals surface area (Å²) in [6.07, 6.45) is 1.58. The lowest BCUT2D eigenvalue weighted by atomic mass is 10.2. The van der Waals surface area contributed by atoms with Gasteiger partial charge in [0.25, 0.3) is 5.91 Å². The number of aromatic nitrogens is 2. The molecule has 2 heterocycles. The molecule has 0 aliphatic rings. The summed E-state index contributed by atoms with van der Waals surface area (Å²) in [5, 5.41) is 3.46. The van der Waals surface area contributed by atoms with E-state index in [2.05, 4.69) is 14.7 Å². The fraction of sp³-hybridized carbons (Fsp3) is 0.182. The minimum Gasteiger partial charge on any atom is -0.480 e. The van der Waals surface area contributed by atoms with E-state index in [9.17, 15) is 4.79 Å². The van der Waals surface area contributed by atoms with Crippen LogP contribution in [0.4, 0.5) is 5.00 Å². The molecule has 0 unspecified atom stereocenters. The van der Waals surface area contributed by atoms with Gasteiger partial charge in [-0.15, -0.1) is 0 Å². The molecule has 0 aliphatic heterocycles. The van der Waals surface area contributed by atoms with E-state index >= 15 is 0 Å². The van der Waals surface area contributed by atoms with Crippen LogP contribution in [0.2, 0.25) is 0 Å². The van der Waals surface area contributed by atoms with Crippen LogP contribution >= 0.6 is 11.5 Å². The van der Waals surface area contributed by atoms with Gasteiger partial charge >= 0.3 is 0 Å². The van der Waals surface area contributed by atoms with Gasteiger partial charge in [0.05, 0.1) is 12.8 Å². The van der Waals surface area contributed by atoms with Crippen molar-refractivity contribution in [2.75, 3.05) is 12.4 Å². The monoisotopic (exact) mass is 249 g/mol. The van der Waals surface area contributed by atoms with Crippen LogP contribution in [-0.4, -0.2) is 22.4 Å². The van der Waals surface area contributed by atoms with Crippen molar-refractivity contribution in [2.24, 2.45) is 0 Å². The molecule has 0 saturated heterocycles. The molecule has 5 nitrogen and oxygen atoms in total. The molecule has 0 spiro atoms. The number of pyridine rings is 1. The summed E-state index contributed by atoms with van der Waals surface area (Å²) in [6, 6.07) is 5.16. The number of aryl methyl sites for hydroxylation is 1. The Morgan fingerprint density at radius 3 is 3.00 bits per heavy atom. The lowest BCUT2D eigenvalue weighted by molar-refractivity contribution is 0.102. The third-order valence-electron chi connectivity index (χ3n) is 2.07. The van der Waals surface area contributed by atoms with Crippen molar-refractivity contribution >= 4 is 22.4 Å². The Bertz CT molecular complexity index is 539. The molecule has 0 saturated carbocycles. The van der Waals surface area contributed by atoms with E-state index in [0.717, 1.165) is 5.69 Å². The number of carbonyl (C=O) groups is 1. The number of ether oxygens (including phenoxy) is 1. The van der Waals surface area contributed by atoms with Gasteiger partial charge in [0.15, 0.2) is 0 Å². The summed E-state index contributed by atoms with van der Waals surface area (Å²) in [6.45, 7) is 1.87. The average Bonchev–Trinajstić information content (AvgIpc) is 2.74. The quantitative estimate of drug-likeness (QED) is 0.904. The van der Waals surface area contributed by atoms with Crippen LogP contribution in [0.5, 0.6) is 5.88 Å². The van der Waals surface area contributed by atoms with Crippen molar-refractivity contribution in [1.82, 2.24) is 9.36 Å². The number of nitrogens with zero attached hydrogens (tertiary/aromatic N) is 2. The first-order valence-corrected chi connectivity index (χ1v) is 5.71. The molecule has 0 atom stereocenters. The Labute approximate surface area is 103 Å². The lowest BCUT2D eigenvalue weighted by Gasteiger charge is -2.05. The Morgan fingerprint density at radius 2 is 2.35 bits per heavy atom. The zero-order chi connectivity index (χ0) is 12.3. The maximum absolute atomic E-state index is 12.0. The van der Waals surface area contributed by atoms with E-state index in [1.54, 1.807) is 18.3 Å². The van der Waals surface area contributed by atoms with Crippen molar-refractivity contribution in [2.45, 2.75) is 6.92 Å². The number of methoxy groups -OCH3 is 1.